The summed E-state index contributed by atoms with van der Waals surface area (Å²) < 4.78 is 10.5. The quantitative estimate of drug-likeness (QED) is 0.0869. The Labute approximate surface area is 236 Å². The number of carboxylic acids is 1. The fourth-order valence-corrected chi connectivity index (χ4v) is 4.36. The first-order valence-electron chi connectivity index (χ1n) is 15.4. The van der Waals surface area contributed by atoms with Gasteiger partial charge in [-0.1, -0.05) is 52.4 Å². The van der Waals surface area contributed by atoms with Crippen molar-refractivity contribution in [1.82, 2.24) is 4.90 Å². The maximum absolute atomic E-state index is 11.7. The van der Waals surface area contributed by atoms with Gasteiger partial charge in [0.25, 0.3) is 0 Å². The molecule has 0 saturated heterocycles. The van der Waals surface area contributed by atoms with Gasteiger partial charge < -0.3 is 24.8 Å². The number of carbonyl (C=O) groups excluding carboxylic acids is 2. The fourth-order valence-electron chi connectivity index (χ4n) is 4.36. The number of unbranched alkanes of at least 4 members (excludes halogenated alkanes) is 8. The second-order valence-corrected chi connectivity index (χ2v) is 10.6. The Hall–Kier alpha value is -1.71. The zero-order valence-corrected chi connectivity index (χ0v) is 24.7. The molecule has 0 aliphatic rings. The number of hydrogen-bond acceptors (Lipinski definition) is 8. The molecule has 0 spiro atoms. The van der Waals surface area contributed by atoms with Gasteiger partial charge in [-0.15, -0.1) is 0 Å². The third-order valence-electron chi connectivity index (χ3n) is 6.66. The van der Waals surface area contributed by atoms with Crippen molar-refractivity contribution in [3.8, 4) is 0 Å². The van der Waals surface area contributed by atoms with Crippen molar-refractivity contribution in [1.29, 1.82) is 0 Å². The average molecular weight is 560 g/mol. The molecule has 0 saturated carbocycles. The minimum absolute atomic E-state index is 0.0380. The fraction of sp³-hybridized carbons (Fsp3) is 0.900. The Morgan fingerprint density at radius 3 is 1.49 bits per heavy atom. The van der Waals surface area contributed by atoms with E-state index in [1.807, 2.05) is 4.90 Å². The molecule has 0 heterocycles. The number of carbonyl (C=O) groups is 3. The summed E-state index contributed by atoms with van der Waals surface area (Å²) in [5, 5.41) is 30.0. The van der Waals surface area contributed by atoms with Gasteiger partial charge in [-0.05, 0) is 64.3 Å². The van der Waals surface area contributed by atoms with Gasteiger partial charge in [0.2, 0.25) is 0 Å². The SMILES string of the molecule is CCCCCCC(=O)OCCCCC(O)CN(CCCC(=O)O)CC(O)CCCCOC(=O)CCCCCC. The average Bonchev–Trinajstić information content (AvgIpc) is 2.88. The lowest BCUT2D eigenvalue weighted by molar-refractivity contribution is -0.144. The Kier molecular flexibility index (Phi) is 25.3. The van der Waals surface area contributed by atoms with Gasteiger partial charge in [-0.2, -0.15) is 0 Å². The molecule has 0 aliphatic heterocycles. The van der Waals surface area contributed by atoms with Crippen LogP contribution in [0.3, 0.4) is 0 Å². The molecule has 3 N–H and O–H groups in total. The van der Waals surface area contributed by atoms with E-state index in [2.05, 4.69) is 13.8 Å². The van der Waals surface area contributed by atoms with Crippen molar-refractivity contribution >= 4 is 17.9 Å². The van der Waals surface area contributed by atoms with Crippen LogP contribution in [0.15, 0.2) is 0 Å². The van der Waals surface area contributed by atoms with Gasteiger partial charge in [0.1, 0.15) is 0 Å². The lowest BCUT2D eigenvalue weighted by atomic mass is 10.1. The number of nitrogens with zero attached hydrogens (tertiary/aromatic N) is 1. The van der Waals surface area contributed by atoms with E-state index in [-0.39, 0.29) is 18.4 Å². The molecular formula is C30H57NO8. The minimum atomic E-state index is -0.865. The first-order valence-corrected chi connectivity index (χ1v) is 15.4. The lowest BCUT2D eigenvalue weighted by Gasteiger charge is -2.27. The second kappa shape index (κ2) is 26.5. The summed E-state index contributed by atoms with van der Waals surface area (Å²) in [5.41, 5.74) is 0. The number of aliphatic carboxylic acids is 1. The van der Waals surface area contributed by atoms with E-state index in [0.717, 1.165) is 51.4 Å². The molecule has 2 atom stereocenters. The smallest absolute Gasteiger partial charge is 0.305 e. The maximum Gasteiger partial charge on any atom is 0.305 e. The van der Waals surface area contributed by atoms with Gasteiger partial charge in [0.15, 0.2) is 0 Å². The third-order valence-corrected chi connectivity index (χ3v) is 6.66. The summed E-state index contributed by atoms with van der Waals surface area (Å²) in [6.45, 7) is 6.15. The van der Waals surface area contributed by atoms with Crippen LogP contribution in [0.5, 0.6) is 0 Å². The van der Waals surface area contributed by atoms with Crippen molar-refractivity contribution in [2.45, 2.75) is 142 Å². The van der Waals surface area contributed by atoms with E-state index in [4.69, 9.17) is 14.6 Å². The molecule has 2 unspecified atom stereocenters. The molecule has 39 heavy (non-hydrogen) atoms. The van der Waals surface area contributed by atoms with Crippen molar-refractivity contribution < 1.29 is 39.2 Å². The van der Waals surface area contributed by atoms with Crippen LogP contribution in [-0.2, 0) is 23.9 Å². The molecule has 230 valence electrons. The Morgan fingerprint density at radius 1 is 0.615 bits per heavy atom. The first kappa shape index (κ1) is 37.3. The van der Waals surface area contributed by atoms with Gasteiger partial charge in [0, 0.05) is 32.4 Å². The van der Waals surface area contributed by atoms with E-state index in [1.54, 1.807) is 0 Å². The number of aliphatic hydroxyl groups excluding tert-OH is 2. The number of esters is 2. The predicted octanol–water partition coefficient (Wildman–Crippen LogP) is 5.24. The van der Waals surface area contributed by atoms with Gasteiger partial charge in [-0.25, -0.2) is 0 Å². The van der Waals surface area contributed by atoms with E-state index < -0.39 is 18.2 Å². The van der Waals surface area contributed by atoms with E-state index in [9.17, 15) is 24.6 Å². The summed E-state index contributed by atoms with van der Waals surface area (Å²) in [4.78, 5) is 36.3. The molecule has 0 aliphatic carbocycles. The van der Waals surface area contributed by atoms with Crippen LogP contribution in [0.25, 0.3) is 0 Å². The molecule has 0 amide bonds. The molecule has 0 aromatic rings. The van der Waals surface area contributed by atoms with E-state index in [0.29, 0.717) is 90.6 Å². The summed E-state index contributed by atoms with van der Waals surface area (Å²) in [5.74, 6) is -1.19. The van der Waals surface area contributed by atoms with Crippen LogP contribution in [-0.4, -0.2) is 83.2 Å². The molecule has 9 heteroatoms. The van der Waals surface area contributed by atoms with Crippen LogP contribution in [0.2, 0.25) is 0 Å². The monoisotopic (exact) mass is 559 g/mol. The normalized spacial score (nSPS) is 12.8. The molecule has 9 nitrogen and oxygen atoms in total. The van der Waals surface area contributed by atoms with E-state index >= 15 is 0 Å². The minimum Gasteiger partial charge on any atom is -0.481 e. The van der Waals surface area contributed by atoms with Crippen molar-refractivity contribution in [3.63, 3.8) is 0 Å². The highest BCUT2D eigenvalue weighted by Gasteiger charge is 2.16. The Morgan fingerprint density at radius 2 is 1.08 bits per heavy atom. The molecule has 0 radical (unpaired) electrons. The predicted molar refractivity (Wildman–Crippen MR) is 152 cm³/mol. The number of hydrogen-bond donors (Lipinski definition) is 3. The topological polar surface area (TPSA) is 134 Å². The molecule has 0 bridgehead atoms. The van der Waals surface area contributed by atoms with Crippen LogP contribution < -0.4 is 0 Å². The molecule has 0 aromatic heterocycles. The third kappa shape index (κ3) is 26.3. The molecule has 0 fully saturated rings. The lowest BCUT2D eigenvalue weighted by Crippen LogP contribution is -2.39. The van der Waals surface area contributed by atoms with Crippen LogP contribution >= 0.6 is 0 Å². The maximum atomic E-state index is 11.7. The largest absolute Gasteiger partial charge is 0.481 e. The zero-order valence-electron chi connectivity index (χ0n) is 24.7. The van der Waals surface area contributed by atoms with Gasteiger partial charge >= 0.3 is 17.9 Å². The Bertz CT molecular complexity index is 574. The number of aliphatic hydroxyl groups is 2. The summed E-state index contributed by atoms with van der Waals surface area (Å²) in [6, 6.07) is 0. The summed E-state index contributed by atoms with van der Waals surface area (Å²) in [7, 11) is 0. The Balaban J connectivity index is 4.19. The molecular weight excluding hydrogens is 502 g/mol. The van der Waals surface area contributed by atoms with Crippen molar-refractivity contribution in [2.24, 2.45) is 0 Å². The second-order valence-electron chi connectivity index (χ2n) is 10.6. The van der Waals surface area contributed by atoms with Crippen LogP contribution in [0, 0.1) is 0 Å². The standard InChI is InChI=1S/C30H57NO8/c1-3-5-7-9-19-29(36)38-22-13-11-16-26(32)24-31(21-15-18-28(34)35)25-27(33)17-12-14-23-39-30(37)20-10-8-6-4-2/h26-27,32-33H,3-25H2,1-2H3,(H,34,35). The summed E-state index contributed by atoms with van der Waals surface area (Å²) in [6.07, 6.45) is 12.4. The van der Waals surface area contributed by atoms with Crippen molar-refractivity contribution in [2.75, 3.05) is 32.8 Å². The molecule has 0 rings (SSSR count). The van der Waals surface area contributed by atoms with Crippen LogP contribution in [0.4, 0.5) is 0 Å². The highest BCUT2D eigenvalue weighted by molar-refractivity contribution is 5.69. The van der Waals surface area contributed by atoms with Gasteiger partial charge in [-0.3, -0.25) is 19.3 Å². The van der Waals surface area contributed by atoms with Gasteiger partial charge in [0.05, 0.1) is 25.4 Å². The first-order chi connectivity index (χ1) is 18.8. The number of ether oxygens (including phenoxy) is 2. The number of rotatable bonds is 28. The number of carboxylic acid groups (broad SMARTS) is 1. The van der Waals surface area contributed by atoms with Crippen LogP contribution in [0.1, 0.15) is 129 Å². The van der Waals surface area contributed by atoms with E-state index in [1.165, 1.54) is 0 Å². The zero-order chi connectivity index (χ0) is 29.1. The highest BCUT2D eigenvalue weighted by Crippen LogP contribution is 2.10. The molecule has 0 aromatic carbocycles. The summed E-state index contributed by atoms with van der Waals surface area (Å²) >= 11 is 0. The van der Waals surface area contributed by atoms with Crippen molar-refractivity contribution in [3.05, 3.63) is 0 Å². The highest BCUT2D eigenvalue weighted by atomic mass is 16.5.